The quantitative estimate of drug-likeness (QED) is 0.738. The van der Waals surface area contributed by atoms with Crippen molar-refractivity contribution >= 4 is 23.7 Å². The lowest BCUT2D eigenvalue weighted by Crippen LogP contribution is -2.42. The third kappa shape index (κ3) is 4.79. The molecule has 0 unspecified atom stereocenters. The lowest BCUT2D eigenvalue weighted by Gasteiger charge is -2.21. The Balaban J connectivity index is 2.95. The molecule has 114 valence electrons. The number of hydrogen-bond donors (Lipinski definition) is 3. The van der Waals surface area contributed by atoms with Crippen LogP contribution in [0, 0.1) is 6.92 Å². The molecule has 1 rings (SSSR count). The van der Waals surface area contributed by atoms with Gasteiger partial charge in [0.1, 0.15) is 13.1 Å². The molecule has 0 radical (unpaired) electrons. The number of anilines is 1. The molecule has 0 aliphatic heterocycles. The second-order valence-electron chi connectivity index (χ2n) is 4.54. The Bertz CT molecular complexity index is 540. The minimum atomic E-state index is -1.27. The van der Waals surface area contributed by atoms with Gasteiger partial charge in [0.25, 0.3) is 0 Å². The predicted octanol–water partition coefficient (Wildman–Crippen LogP) is 1.56. The number of benzene rings is 1. The second-order valence-corrected chi connectivity index (χ2v) is 4.54. The van der Waals surface area contributed by atoms with Crippen LogP contribution in [0.2, 0.25) is 0 Å². The number of aryl methyl sites for hydroxylation is 2. The Morgan fingerprint density at radius 1 is 1.14 bits per heavy atom. The summed E-state index contributed by atoms with van der Waals surface area (Å²) in [6.07, 6.45) is 0.690. The van der Waals surface area contributed by atoms with Gasteiger partial charge in [0.15, 0.2) is 0 Å². The summed E-state index contributed by atoms with van der Waals surface area (Å²) in [7, 11) is 0. The van der Waals surface area contributed by atoms with Gasteiger partial charge in [-0.1, -0.05) is 25.1 Å². The van der Waals surface area contributed by atoms with Gasteiger partial charge in [0.05, 0.1) is 0 Å². The first kappa shape index (κ1) is 16.5. The molecule has 0 heterocycles. The van der Waals surface area contributed by atoms with E-state index in [9.17, 15) is 14.4 Å². The lowest BCUT2D eigenvalue weighted by molar-refractivity contribution is -0.140. The van der Waals surface area contributed by atoms with Crippen molar-refractivity contribution in [2.45, 2.75) is 20.3 Å². The number of rotatable bonds is 6. The average Bonchev–Trinajstić information content (AvgIpc) is 2.39. The summed E-state index contributed by atoms with van der Waals surface area (Å²) >= 11 is 0. The Morgan fingerprint density at radius 2 is 1.71 bits per heavy atom. The monoisotopic (exact) mass is 294 g/mol. The number of carboxylic acids is 2. The number of nitrogens with one attached hydrogen (secondary N) is 1. The number of aliphatic carboxylic acids is 2. The van der Waals surface area contributed by atoms with E-state index in [0.717, 1.165) is 16.0 Å². The molecule has 0 aliphatic carbocycles. The molecule has 0 saturated carbocycles. The van der Waals surface area contributed by atoms with Gasteiger partial charge in [0, 0.05) is 5.69 Å². The van der Waals surface area contributed by atoms with E-state index in [4.69, 9.17) is 10.2 Å². The van der Waals surface area contributed by atoms with Gasteiger partial charge in [-0.15, -0.1) is 0 Å². The number of hydrogen-bond acceptors (Lipinski definition) is 3. The molecule has 0 saturated heterocycles. The van der Waals surface area contributed by atoms with Crippen LogP contribution < -0.4 is 5.32 Å². The van der Waals surface area contributed by atoms with Crippen LogP contribution in [0.3, 0.4) is 0 Å². The molecule has 0 fully saturated rings. The van der Waals surface area contributed by atoms with Gasteiger partial charge in [-0.3, -0.25) is 9.59 Å². The molecule has 21 heavy (non-hydrogen) atoms. The maximum Gasteiger partial charge on any atom is 0.323 e. The average molecular weight is 294 g/mol. The van der Waals surface area contributed by atoms with Gasteiger partial charge in [-0.2, -0.15) is 0 Å². The Hall–Kier alpha value is -2.57. The summed E-state index contributed by atoms with van der Waals surface area (Å²) < 4.78 is 0. The smallest absolute Gasteiger partial charge is 0.323 e. The van der Waals surface area contributed by atoms with Crippen molar-refractivity contribution < 1.29 is 24.6 Å². The first-order valence-electron chi connectivity index (χ1n) is 6.43. The molecule has 0 spiro atoms. The number of carboxylic acid groups (broad SMARTS) is 2. The highest BCUT2D eigenvalue weighted by atomic mass is 16.4. The fourth-order valence-electron chi connectivity index (χ4n) is 1.91. The summed E-state index contributed by atoms with van der Waals surface area (Å²) in [4.78, 5) is 34.3. The predicted molar refractivity (Wildman–Crippen MR) is 76.4 cm³/mol. The molecule has 1 aromatic rings. The van der Waals surface area contributed by atoms with Crippen LogP contribution in [0.4, 0.5) is 10.5 Å². The third-order valence-corrected chi connectivity index (χ3v) is 2.91. The minimum absolute atomic E-state index is 0.589. The van der Waals surface area contributed by atoms with Crippen LogP contribution in [0.1, 0.15) is 18.1 Å². The molecule has 0 aromatic heterocycles. The molecular weight excluding hydrogens is 276 g/mol. The van der Waals surface area contributed by atoms with Gasteiger partial charge in [-0.05, 0) is 24.5 Å². The normalized spacial score (nSPS) is 10.0. The summed E-state index contributed by atoms with van der Waals surface area (Å²) in [5.41, 5.74) is 2.31. The lowest BCUT2D eigenvalue weighted by atomic mass is 10.1. The van der Waals surface area contributed by atoms with Crippen molar-refractivity contribution in [3.8, 4) is 0 Å². The first-order chi connectivity index (χ1) is 9.85. The zero-order valence-corrected chi connectivity index (χ0v) is 11.9. The molecule has 0 bridgehead atoms. The van der Waals surface area contributed by atoms with Crippen molar-refractivity contribution in [3.63, 3.8) is 0 Å². The van der Waals surface area contributed by atoms with Crippen molar-refractivity contribution in [3.05, 3.63) is 29.3 Å². The second kappa shape index (κ2) is 7.28. The maximum absolute atomic E-state index is 12.1. The van der Waals surface area contributed by atoms with Crippen molar-refractivity contribution in [1.29, 1.82) is 0 Å². The van der Waals surface area contributed by atoms with Crippen LogP contribution in [0.25, 0.3) is 0 Å². The fourth-order valence-corrected chi connectivity index (χ4v) is 1.91. The van der Waals surface area contributed by atoms with Gasteiger partial charge < -0.3 is 20.4 Å². The molecule has 7 heteroatoms. The Kier molecular flexibility index (Phi) is 5.71. The third-order valence-electron chi connectivity index (χ3n) is 2.91. The van der Waals surface area contributed by atoms with E-state index >= 15 is 0 Å². The van der Waals surface area contributed by atoms with Crippen LogP contribution in [0.15, 0.2) is 18.2 Å². The van der Waals surface area contributed by atoms with E-state index in [0.29, 0.717) is 12.1 Å². The van der Waals surface area contributed by atoms with E-state index in [-0.39, 0.29) is 0 Å². The number of carbonyl (C=O) groups is 3. The van der Waals surface area contributed by atoms with Crippen LogP contribution in [-0.2, 0) is 16.0 Å². The highest BCUT2D eigenvalue weighted by Crippen LogP contribution is 2.21. The number of para-hydroxylation sites is 1. The zero-order valence-electron chi connectivity index (χ0n) is 11.9. The topological polar surface area (TPSA) is 107 Å². The van der Waals surface area contributed by atoms with Gasteiger partial charge >= 0.3 is 18.0 Å². The summed E-state index contributed by atoms with van der Waals surface area (Å²) in [5, 5.41) is 20.1. The number of nitrogens with zero attached hydrogens (tertiary/aromatic N) is 1. The molecule has 3 N–H and O–H groups in total. The SMILES string of the molecule is CCc1cccc(C)c1NC(=O)N(CC(=O)O)CC(=O)O. The van der Waals surface area contributed by atoms with E-state index in [1.165, 1.54) is 0 Å². The summed E-state index contributed by atoms with van der Waals surface area (Å²) in [6.45, 7) is 2.39. The van der Waals surface area contributed by atoms with E-state index in [2.05, 4.69) is 5.32 Å². The van der Waals surface area contributed by atoms with Crippen molar-refractivity contribution in [2.24, 2.45) is 0 Å². The number of carbonyl (C=O) groups excluding carboxylic acids is 1. The van der Waals surface area contributed by atoms with Crippen LogP contribution >= 0.6 is 0 Å². The highest BCUT2D eigenvalue weighted by molar-refractivity contribution is 5.94. The van der Waals surface area contributed by atoms with E-state index < -0.39 is 31.1 Å². The van der Waals surface area contributed by atoms with Gasteiger partial charge in [0.2, 0.25) is 0 Å². The van der Waals surface area contributed by atoms with E-state index in [1.54, 1.807) is 0 Å². The van der Waals surface area contributed by atoms with Crippen LogP contribution in [0.5, 0.6) is 0 Å². The highest BCUT2D eigenvalue weighted by Gasteiger charge is 2.20. The summed E-state index contributed by atoms with van der Waals surface area (Å²) in [5.74, 6) is -2.54. The Morgan fingerprint density at radius 3 is 2.19 bits per heavy atom. The molecule has 2 amide bonds. The van der Waals surface area contributed by atoms with Crippen molar-refractivity contribution in [1.82, 2.24) is 4.90 Å². The number of amides is 2. The molecule has 0 aliphatic rings. The van der Waals surface area contributed by atoms with Crippen LogP contribution in [-0.4, -0.2) is 46.2 Å². The van der Waals surface area contributed by atoms with Crippen molar-refractivity contribution in [2.75, 3.05) is 18.4 Å². The largest absolute Gasteiger partial charge is 0.480 e. The molecule has 1 aromatic carbocycles. The molecule has 7 nitrogen and oxygen atoms in total. The molecular formula is C14H18N2O5. The first-order valence-corrected chi connectivity index (χ1v) is 6.43. The van der Waals surface area contributed by atoms with Gasteiger partial charge in [-0.25, -0.2) is 4.79 Å². The standard InChI is InChI=1S/C14H18N2O5/c1-3-10-6-4-5-9(2)13(10)15-14(21)16(7-11(17)18)8-12(19)20/h4-6H,3,7-8H2,1-2H3,(H,15,21)(H,17,18)(H,19,20). The summed E-state index contributed by atoms with van der Waals surface area (Å²) in [6, 6.07) is 4.77. The van der Waals surface area contributed by atoms with E-state index in [1.807, 2.05) is 32.0 Å². The fraction of sp³-hybridized carbons (Fsp3) is 0.357. The maximum atomic E-state index is 12.1. The Labute approximate surface area is 122 Å². The zero-order chi connectivity index (χ0) is 16.0. The molecule has 0 atom stereocenters. The number of urea groups is 1. The minimum Gasteiger partial charge on any atom is -0.480 e.